The molecule has 158 valence electrons. The number of rotatable bonds is 5. The van der Waals surface area contributed by atoms with Crippen molar-refractivity contribution >= 4 is 36.4 Å². The zero-order valence-corrected chi connectivity index (χ0v) is 16.3. The van der Waals surface area contributed by atoms with Gasteiger partial charge in [-0.25, -0.2) is 0 Å². The highest BCUT2D eigenvalue weighted by atomic mass is 35.5. The number of ether oxygens (including phenoxy) is 1. The molecule has 1 fully saturated rings. The Morgan fingerprint density at radius 2 is 1.67 bits per heavy atom. The van der Waals surface area contributed by atoms with Gasteiger partial charge in [-0.1, -0.05) is 17.7 Å². The van der Waals surface area contributed by atoms with Crippen LogP contribution in [-0.4, -0.2) is 43.6 Å². The zero-order valence-electron chi connectivity index (χ0n) is 13.9. The number of hydrogen-bond acceptors (Lipinski definition) is 3. The maximum absolute atomic E-state index is 12.6. The third-order valence-corrected chi connectivity index (χ3v) is 4.16. The Bertz CT molecular complexity index is 580. The second-order valence-corrected chi connectivity index (χ2v) is 6.10. The van der Waals surface area contributed by atoms with E-state index in [0.29, 0.717) is 31.7 Å². The molecule has 1 atom stereocenters. The first kappa shape index (κ1) is 26.4. The number of hydrogen-bond donors (Lipinski definition) is 1. The van der Waals surface area contributed by atoms with Crippen LogP contribution in [0.2, 0.25) is 5.02 Å². The summed E-state index contributed by atoms with van der Waals surface area (Å²) < 4.78 is 78.6. The molecule has 0 radical (unpaired) electrons. The number of benzene rings is 1. The quantitative estimate of drug-likeness (QED) is 0.594. The minimum absolute atomic E-state index is 0. The van der Waals surface area contributed by atoms with E-state index in [1.807, 2.05) is 4.90 Å². The van der Waals surface area contributed by atoms with Gasteiger partial charge in [-0.2, -0.15) is 13.2 Å². The Labute approximate surface area is 170 Å². The van der Waals surface area contributed by atoms with Crippen LogP contribution in [0.5, 0.6) is 5.75 Å². The predicted molar refractivity (Wildman–Crippen MR) is 95.1 cm³/mol. The molecule has 1 saturated heterocycles. The molecule has 1 N–H and O–H groups in total. The van der Waals surface area contributed by atoms with Gasteiger partial charge in [-0.3, -0.25) is 4.90 Å². The Morgan fingerprint density at radius 1 is 1.07 bits per heavy atom. The molecule has 1 heterocycles. The Kier molecular flexibility index (Phi) is 10.6. The van der Waals surface area contributed by atoms with Crippen LogP contribution in [0.3, 0.4) is 0 Å². The highest BCUT2D eigenvalue weighted by Crippen LogP contribution is 2.36. The van der Waals surface area contributed by atoms with Gasteiger partial charge in [0.25, 0.3) is 0 Å². The average Bonchev–Trinajstić information content (AvgIpc) is 2.49. The predicted octanol–water partition coefficient (Wildman–Crippen LogP) is 5.37. The van der Waals surface area contributed by atoms with E-state index in [4.69, 9.17) is 11.6 Å². The lowest BCUT2D eigenvalue weighted by Gasteiger charge is -2.35. The summed E-state index contributed by atoms with van der Waals surface area (Å²) >= 11 is 5.83. The summed E-state index contributed by atoms with van der Waals surface area (Å²) in [7, 11) is 0. The molecule has 12 heteroatoms. The van der Waals surface area contributed by atoms with Gasteiger partial charge in [0.05, 0.1) is 5.02 Å². The molecule has 1 aromatic rings. The summed E-state index contributed by atoms with van der Waals surface area (Å²) in [5.74, 6) is -0.576. The van der Waals surface area contributed by atoms with Crippen molar-refractivity contribution < 1.29 is 31.1 Å². The monoisotopic (exact) mass is 462 g/mol. The summed E-state index contributed by atoms with van der Waals surface area (Å²) in [5.41, 5.74) is 0.436. The van der Waals surface area contributed by atoms with Crippen LogP contribution >= 0.6 is 36.4 Å². The Balaban J connectivity index is 0.00000338. The highest BCUT2D eigenvalue weighted by Gasteiger charge is 2.33. The van der Waals surface area contributed by atoms with Crippen molar-refractivity contribution in [3.8, 4) is 5.75 Å². The third-order valence-electron chi connectivity index (χ3n) is 3.86. The first-order valence-corrected chi connectivity index (χ1v) is 8.00. The first-order valence-electron chi connectivity index (χ1n) is 7.62. The smallest absolute Gasteiger partial charge is 0.404 e. The van der Waals surface area contributed by atoms with E-state index in [0.717, 1.165) is 6.07 Å². The molecular weight excluding hydrogens is 445 g/mol. The van der Waals surface area contributed by atoms with Crippen LogP contribution < -0.4 is 10.1 Å². The number of nitrogens with zero attached hydrogens (tertiary/aromatic N) is 1. The van der Waals surface area contributed by atoms with E-state index in [-0.39, 0.29) is 36.3 Å². The van der Waals surface area contributed by atoms with Crippen molar-refractivity contribution in [3.05, 3.63) is 28.8 Å². The number of halogens is 9. The summed E-state index contributed by atoms with van der Waals surface area (Å²) in [6.07, 6.45) is -10.4. The summed E-state index contributed by atoms with van der Waals surface area (Å²) in [5, 5.41) is 2.81. The van der Waals surface area contributed by atoms with Crippen LogP contribution in [0.1, 0.15) is 24.4 Å². The van der Waals surface area contributed by atoms with Gasteiger partial charge in [0.2, 0.25) is 0 Å². The van der Waals surface area contributed by atoms with Gasteiger partial charge in [0, 0.05) is 38.6 Å². The Morgan fingerprint density at radius 3 is 2.15 bits per heavy atom. The molecule has 2 rings (SSSR count). The standard InChI is InChI=1S/C15H17ClF6N2O.2ClH/c16-11-9-10(1-2-13(11)25-15(20,21)22)12(3-4-14(17,18)19)24-7-5-23-6-8-24;;/h1-2,9,12,23H,3-8H2;2*1H/t12-;;/m1../s1. The van der Waals surface area contributed by atoms with Gasteiger partial charge >= 0.3 is 12.5 Å². The topological polar surface area (TPSA) is 24.5 Å². The van der Waals surface area contributed by atoms with Crippen LogP contribution in [0.4, 0.5) is 26.3 Å². The van der Waals surface area contributed by atoms with Gasteiger partial charge < -0.3 is 10.1 Å². The molecule has 1 aliphatic heterocycles. The van der Waals surface area contributed by atoms with Crippen LogP contribution in [0.25, 0.3) is 0 Å². The minimum atomic E-state index is -4.89. The maximum Gasteiger partial charge on any atom is 0.573 e. The lowest BCUT2D eigenvalue weighted by Crippen LogP contribution is -2.45. The van der Waals surface area contributed by atoms with E-state index >= 15 is 0 Å². The molecule has 1 aromatic carbocycles. The van der Waals surface area contributed by atoms with Crippen LogP contribution in [0.15, 0.2) is 18.2 Å². The molecule has 0 unspecified atom stereocenters. The van der Waals surface area contributed by atoms with Gasteiger partial charge in [-0.15, -0.1) is 38.0 Å². The summed E-state index contributed by atoms with van der Waals surface area (Å²) in [6.45, 7) is 2.35. The molecule has 0 aromatic heterocycles. The van der Waals surface area contributed by atoms with Crippen molar-refractivity contribution in [2.24, 2.45) is 0 Å². The van der Waals surface area contributed by atoms with Crippen molar-refractivity contribution in [1.29, 1.82) is 0 Å². The maximum atomic E-state index is 12.6. The van der Waals surface area contributed by atoms with Gasteiger partial charge in [-0.05, 0) is 24.1 Å². The first-order chi connectivity index (χ1) is 11.6. The summed E-state index contributed by atoms with van der Waals surface area (Å²) in [4.78, 5) is 1.87. The molecule has 1 aliphatic rings. The molecule has 0 amide bonds. The molecule has 0 aliphatic carbocycles. The number of alkyl halides is 6. The fourth-order valence-electron chi connectivity index (χ4n) is 2.79. The van der Waals surface area contributed by atoms with E-state index in [1.54, 1.807) is 0 Å². The highest BCUT2D eigenvalue weighted by molar-refractivity contribution is 6.32. The Hall–Kier alpha value is -0.610. The zero-order chi connectivity index (χ0) is 18.7. The second kappa shape index (κ2) is 10.8. The van der Waals surface area contributed by atoms with Gasteiger partial charge in [0.1, 0.15) is 5.75 Å². The lowest BCUT2D eigenvalue weighted by molar-refractivity contribution is -0.274. The largest absolute Gasteiger partial charge is 0.573 e. The lowest BCUT2D eigenvalue weighted by atomic mass is 9.99. The van der Waals surface area contributed by atoms with Crippen molar-refractivity contribution in [3.63, 3.8) is 0 Å². The van der Waals surface area contributed by atoms with Gasteiger partial charge in [0.15, 0.2) is 0 Å². The number of nitrogens with one attached hydrogen (secondary N) is 1. The van der Waals surface area contributed by atoms with Crippen molar-refractivity contribution in [1.82, 2.24) is 10.2 Å². The molecule has 27 heavy (non-hydrogen) atoms. The van der Waals surface area contributed by atoms with E-state index in [1.165, 1.54) is 12.1 Å². The third kappa shape index (κ3) is 8.95. The molecule has 0 spiro atoms. The molecular formula is C15H19Cl3F6N2O. The average molecular weight is 464 g/mol. The van der Waals surface area contributed by atoms with E-state index < -0.39 is 30.8 Å². The molecule has 0 saturated carbocycles. The van der Waals surface area contributed by atoms with E-state index in [2.05, 4.69) is 10.1 Å². The van der Waals surface area contributed by atoms with E-state index in [9.17, 15) is 26.3 Å². The fourth-order valence-corrected chi connectivity index (χ4v) is 3.01. The fraction of sp³-hybridized carbons (Fsp3) is 0.600. The second-order valence-electron chi connectivity index (χ2n) is 5.69. The summed E-state index contributed by atoms with van der Waals surface area (Å²) in [6, 6.07) is 3.02. The minimum Gasteiger partial charge on any atom is -0.404 e. The normalized spacial score (nSPS) is 16.9. The van der Waals surface area contributed by atoms with Crippen molar-refractivity contribution in [2.75, 3.05) is 26.2 Å². The van der Waals surface area contributed by atoms with Crippen LogP contribution in [0, 0.1) is 0 Å². The molecule has 0 bridgehead atoms. The SMILES string of the molecule is Cl.Cl.FC(F)(F)CC[C@H](c1ccc(OC(F)(F)F)c(Cl)c1)N1CCNCC1. The molecule has 3 nitrogen and oxygen atoms in total. The number of piperazine rings is 1. The van der Waals surface area contributed by atoms with Crippen LogP contribution in [-0.2, 0) is 0 Å². The van der Waals surface area contributed by atoms with Crippen molar-refractivity contribution in [2.45, 2.75) is 31.4 Å².